The van der Waals surface area contributed by atoms with Gasteiger partial charge < -0.3 is 9.47 Å². The third-order valence-corrected chi connectivity index (χ3v) is 4.42. The predicted molar refractivity (Wildman–Crippen MR) is 109 cm³/mol. The van der Waals surface area contributed by atoms with E-state index in [4.69, 9.17) is 4.74 Å². The predicted octanol–water partition coefficient (Wildman–Crippen LogP) is 4.61. The fourth-order valence-corrected chi connectivity index (χ4v) is 2.70. The second-order valence-corrected chi connectivity index (χ2v) is 6.75. The van der Waals surface area contributed by atoms with Crippen molar-refractivity contribution in [3.63, 3.8) is 0 Å². The number of carbonyl (C=O) groups excluding carboxylic acids is 3. The first-order valence-corrected chi connectivity index (χ1v) is 9.59. The van der Waals surface area contributed by atoms with Crippen molar-refractivity contribution in [1.29, 1.82) is 0 Å². The fraction of sp³-hybridized carbons (Fsp3) is 0.261. The first-order chi connectivity index (χ1) is 15.2. The Bertz CT molecular complexity index is 930. The van der Waals surface area contributed by atoms with Gasteiger partial charge in [-0.2, -0.15) is 13.2 Å². The lowest BCUT2D eigenvalue weighted by molar-refractivity contribution is -0.143. The smallest absolute Gasteiger partial charge is 0.416 e. The van der Waals surface area contributed by atoms with Crippen molar-refractivity contribution in [2.75, 3.05) is 13.7 Å². The zero-order valence-electron chi connectivity index (χ0n) is 17.2. The van der Waals surface area contributed by atoms with Crippen molar-refractivity contribution < 1.29 is 37.0 Å². The molecule has 0 saturated heterocycles. The molecule has 2 aromatic carbocycles. The number of hydrogen-bond donors (Lipinski definition) is 0. The topological polar surface area (TPSA) is 72.9 Å². The van der Waals surface area contributed by atoms with Gasteiger partial charge in [-0.05, 0) is 11.6 Å². The molecule has 6 nitrogen and oxygen atoms in total. The van der Waals surface area contributed by atoms with E-state index in [1.807, 2.05) is 30.3 Å². The van der Waals surface area contributed by atoms with Crippen LogP contribution in [0.25, 0.3) is 0 Å². The molecule has 0 unspecified atom stereocenters. The van der Waals surface area contributed by atoms with E-state index in [0.717, 1.165) is 17.7 Å². The summed E-state index contributed by atoms with van der Waals surface area (Å²) < 4.78 is 45.1. The van der Waals surface area contributed by atoms with Crippen LogP contribution in [0.1, 0.15) is 17.5 Å². The molecule has 0 N–H and O–H groups in total. The molecule has 0 fully saturated rings. The second kappa shape index (κ2) is 11.7. The number of esters is 1. The van der Waals surface area contributed by atoms with Crippen molar-refractivity contribution in [1.82, 2.24) is 4.90 Å². The van der Waals surface area contributed by atoms with E-state index in [1.165, 1.54) is 36.4 Å². The van der Waals surface area contributed by atoms with Gasteiger partial charge in [0.1, 0.15) is 6.61 Å². The van der Waals surface area contributed by atoms with E-state index >= 15 is 0 Å². The normalized spacial score (nSPS) is 15.4. The number of allylic oxidation sites excluding steroid dienone is 1. The van der Waals surface area contributed by atoms with Gasteiger partial charge in [-0.1, -0.05) is 60.7 Å². The zero-order valence-corrected chi connectivity index (χ0v) is 17.2. The number of carbonyl (C=O) groups is 3. The summed E-state index contributed by atoms with van der Waals surface area (Å²) in [5.41, 5.74) is 0.272. The molecule has 0 spiro atoms. The average molecular weight is 449 g/mol. The molecule has 0 aliphatic carbocycles. The van der Waals surface area contributed by atoms with Crippen LogP contribution in [0, 0.1) is 5.92 Å². The summed E-state index contributed by atoms with van der Waals surface area (Å²) in [7, 11) is 1.26. The van der Waals surface area contributed by atoms with Gasteiger partial charge in [0.15, 0.2) is 5.78 Å². The number of hydrogen-bond acceptors (Lipinski definition) is 5. The van der Waals surface area contributed by atoms with Crippen LogP contribution in [0.3, 0.4) is 0 Å². The van der Waals surface area contributed by atoms with Crippen LogP contribution in [0.4, 0.5) is 18.0 Å². The van der Waals surface area contributed by atoms with Gasteiger partial charge in [-0.25, -0.2) is 4.79 Å². The highest BCUT2D eigenvalue weighted by Crippen LogP contribution is 2.28. The van der Waals surface area contributed by atoms with Crippen LogP contribution in [-0.2, 0) is 31.8 Å². The Kier molecular flexibility index (Phi) is 9.00. The number of methoxy groups -OCH3 is 1. The molecule has 2 aromatic rings. The zero-order chi connectivity index (χ0) is 23.6. The van der Waals surface area contributed by atoms with Crippen LogP contribution in [-0.4, -0.2) is 36.4 Å². The minimum atomic E-state index is -4.21. The lowest BCUT2D eigenvalue weighted by Gasteiger charge is -2.25. The van der Waals surface area contributed by atoms with Crippen molar-refractivity contribution in [3.8, 4) is 0 Å². The van der Waals surface area contributed by atoms with Crippen molar-refractivity contribution >= 4 is 17.8 Å². The summed E-state index contributed by atoms with van der Waals surface area (Å²) in [5, 5.41) is 0. The van der Waals surface area contributed by atoms with Gasteiger partial charge in [0.05, 0.1) is 25.0 Å². The third-order valence-electron chi connectivity index (χ3n) is 4.42. The lowest BCUT2D eigenvalue weighted by Crippen LogP contribution is -2.38. The number of ketones is 1. The Balaban J connectivity index is 0.000000303. The summed E-state index contributed by atoms with van der Waals surface area (Å²) in [6.45, 7) is 0.262. The van der Waals surface area contributed by atoms with Crippen molar-refractivity contribution in [3.05, 3.63) is 84.1 Å². The molecule has 1 aliphatic heterocycles. The number of alkyl halides is 3. The van der Waals surface area contributed by atoms with Crippen LogP contribution in [0.15, 0.2) is 72.9 Å². The van der Waals surface area contributed by atoms with E-state index < -0.39 is 29.7 Å². The van der Waals surface area contributed by atoms with Gasteiger partial charge in [0.25, 0.3) is 0 Å². The van der Waals surface area contributed by atoms with E-state index in [2.05, 4.69) is 4.74 Å². The van der Waals surface area contributed by atoms with Crippen LogP contribution in [0.2, 0.25) is 0 Å². The maximum atomic E-state index is 12.0. The van der Waals surface area contributed by atoms with Gasteiger partial charge in [0.2, 0.25) is 0 Å². The Morgan fingerprint density at radius 3 is 2.16 bits per heavy atom. The Hall–Kier alpha value is -3.62. The van der Waals surface area contributed by atoms with Gasteiger partial charge in [0, 0.05) is 12.7 Å². The van der Waals surface area contributed by atoms with Gasteiger partial charge in [-0.3, -0.25) is 14.5 Å². The molecule has 0 bridgehead atoms. The molecule has 1 amide bonds. The van der Waals surface area contributed by atoms with E-state index in [-0.39, 0.29) is 25.4 Å². The molecule has 0 radical (unpaired) electrons. The van der Waals surface area contributed by atoms with Gasteiger partial charge >= 0.3 is 18.2 Å². The number of halogens is 3. The molecule has 0 saturated carbocycles. The molecule has 3 rings (SSSR count). The van der Waals surface area contributed by atoms with Crippen LogP contribution >= 0.6 is 0 Å². The second-order valence-electron chi connectivity index (χ2n) is 6.75. The highest BCUT2D eigenvalue weighted by atomic mass is 19.4. The molecule has 0 aromatic heterocycles. The molecule has 1 heterocycles. The van der Waals surface area contributed by atoms with Gasteiger partial charge in [-0.15, -0.1) is 0 Å². The minimum absolute atomic E-state index is 0.0534. The average Bonchev–Trinajstić information content (AvgIpc) is 2.80. The molecule has 1 aliphatic rings. The number of benzene rings is 2. The van der Waals surface area contributed by atoms with Crippen LogP contribution in [0.5, 0.6) is 0 Å². The number of nitrogens with zero attached hydrogens (tertiary/aromatic N) is 1. The SMILES string of the molecule is COC(=O)C[C@H]1CN(C(=O)OCc2ccccc2)C=CC1=O.FC(F)(F)c1ccccc1. The Morgan fingerprint density at radius 1 is 1.03 bits per heavy atom. The number of amides is 1. The van der Waals surface area contributed by atoms with Crippen molar-refractivity contribution in [2.45, 2.75) is 19.2 Å². The summed E-state index contributed by atoms with van der Waals surface area (Å²) in [6, 6.07) is 15.7. The fourth-order valence-electron chi connectivity index (χ4n) is 2.70. The molecule has 170 valence electrons. The maximum Gasteiger partial charge on any atom is 0.416 e. The first kappa shape index (κ1) is 24.6. The van der Waals surface area contributed by atoms with E-state index in [0.29, 0.717) is 0 Å². The quantitative estimate of drug-likeness (QED) is 0.638. The number of ether oxygens (including phenoxy) is 2. The molecular weight excluding hydrogens is 427 g/mol. The van der Waals surface area contributed by atoms with Crippen molar-refractivity contribution in [2.24, 2.45) is 5.92 Å². The standard InChI is InChI=1S/C16H17NO5.C7H5F3/c1-21-15(19)9-13-10-17(8-7-14(13)18)16(20)22-11-12-5-3-2-4-6-12;8-7(9,10)6-4-2-1-3-5-6/h2-8,13H,9-11H2,1H3;1-5H/t13-;/m0./s1. The lowest BCUT2D eigenvalue weighted by atomic mass is 9.97. The van der Waals surface area contributed by atoms with E-state index in [9.17, 15) is 27.6 Å². The highest BCUT2D eigenvalue weighted by Gasteiger charge is 2.30. The van der Waals surface area contributed by atoms with E-state index in [1.54, 1.807) is 6.07 Å². The molecule has 32 heavy (non-hydrogen) atoms. The Morgan fingerprint density at radius 2 is 1.62 bits per heavy atom. The highest BCUT2D eigenvalue weighted by molar-refractivity contribution is 5.95. The largest absolute Gasteiger partial charge is 0.469 e. The summed E-state index contributed by atoms with van der Waals surface area (Å²) >= 11 is 0. The minimum Gasteiger partial charge on any atom is -0.469 e. The molecular formula is C23H22F3NO5. The third kappa shape index (κ3) is 7.90. The first-order valence-electron chi connectivity index (χ1n) is 9.59. The van der Waals surface area contributed by atoms with Crippen LogP contribution < -0.4 is 0 Å². The monoisotopic (exact) mass is 449 g/mol. The molecule has 1 atom stereocenters. The summed E-state index contributed by atoms with van der Waals surface area (Å²) in [5.74, 6) is -1.27. The Labute approximate surface area is 183 Å². The summed E-state index contributed by atoms with van der Waals surface area (Å²) in [4.78, 5) is 36.3. The maximum absolute atomic E-state index is 12.0. The number of rotatable bonds is 4. The molecule has 9 heteroatoms. The summed E-state index contributed by atoms with van der Waals surface area (Å²) in [6.07, 6.45) is -2.16.